The molecule has 27 heavy (non-hydrogen) atoms. The monoisotopic (exact) mass is 396 g/mol. The molecule has 0 amide bonds. The number of carbonyl (C=O) groups is 3. The van der Waals surface area contributed by atoms with Crippen LogP contribution >= 0.6 is 11.8 Å². The summed E-state index contributed by atoms with van der Waals surface area (Å²) in [4.78, 5) is 35.2. The van der Waals surface area contributed by atoms with E-state index in [1.807, 2.05) is 31.2 Å². The molecule has 1 aliphatic heterocycles. The summed E-state index contributed by atoms with van der Waals surface area (Å²) in [7, 11) is 0. The summed E-state index contributed by atoms with van der Waals surface area (Å²) in [5, 5.41) is -0.240. The minimum absolute atomic E-state index is 0.101. The van der Waals surface area contributed by atoms with Crippen LogP contribution in [-0.2, 0) is 33.3 Å². The maximum atomic E-state index is 11.6. The summed E-state index contributed by atoms with van der Waals surface area (Å²) >= 11 is 1.50. The highest BCUT2D eigenvalue weighted by atomic mass is 32.2. The third-order valence-corrected chi connectivity index (χ3v) is 5.15. The van der Waals surface area contributed by atoms with Crippen molar-refractivity contribution in [2.24, 2.45) is 0 Å². The van der Waals surface area contributed by atoms with Gasteiger partial charge in [-0.1, -0.05) is 17.7 Å². The Morgan fingerprint density at radius 1 is 1.04 bits per heavy atom. The first kappa shape index (κ1) is 21.2. The van der Waals surface area contributed by atoms with Gasteiger partial charge in [0.2, 0.25) is 6.29 Å². The highest BCUT2D eigenvalue weighted by Gasteiger charge is 2.43. The molecule has 0 saturated carbocycles. The zero-order chi connectivity index (χ0) is 20.0. The van der Waals surface area contributed by atoms with Gasteiger partial charge in [0.1, 0.15) is 18.8 Å². The van der Waals surface area contributed by atoms with E-state index in [0.29, 0.717) is 6.42 Å². The molecule has 1 aliphatic rings. The molecule has 0 spiro atoms. The first-order chi connectivity index (χ1) is 12.7. The summed E-state index contributed by atoms with van der Waals surface area (Å²) in [6, 6.07) is 7.93. The third kappa shape index (κ3) is 6.88. The molecule has 1 heterocycles. The zero-order valence-electron chi connectivity index (χ0n) is 15.8. The lowest BCUT2D eigenvalue weighted by molar-refractivity contribution is -0.232. The fourth-order valence-corrected chi connectivity index (χ4v) is 4.00. The largest absolute Gasteiger partial charge is 0.463 e. The Morgan fingerprint density at radius 3 is 2.22 bits per heavy atom. The average Bonchev–Trinajstić information content (AvgIpc) is 2.56. The number of rotatable bonds is 6. The number of benzene rings is 1. The van der Waals surface area contributed by atoms with Crippen molar-refractivity contribution >= 4 is 29.7 Å². The summed E-state index contributed by atoms with van der Waals surface area (Å²) in [6.45, 7) is 5.79. The lowest BCUT2D eigenvalue weighted by Gasteiger charge is -2.39. The standard InChI is InChI=1S/C19H24O7S/c1-11-5-7-15(8-6-11)27-17-9-18(24-13(3)21)26-16(10-23-12(2)20)19(17)25-14(4)22/h5-8,16-19H,9-10H2,1-4H3/t16-,17-,18+,19-/m1/s1. The van der Waals surface area contributed by atoms with Crippen molar-refractivity contribution in [1.29, 1.82) is 0 Å². The Balaban J connectivity index is 2.23. The van der Waals surface area contributed by atoms with Gasteiger partial charge in [-0.25, -0.2) is 0 Å². The van der Waals surface area contributed by atoms with Crippen molar-refractivity contribution in [3.8, 4) is 0 Å². The Bertz CT molecular complexity index is 673. The number of hydrogen-bond acceptors (Lipinski definition) is 8. The molecule has 1 aromatic rings. The second kappa shape index (κ2) is 9.75. The number of thioether (sulfide) groups is 1. The number of carbonyl (C=O) groups excluding carboxylic acids is 3. The van der Waals surface area contributed by atoms with Crippen molar-refractivity contribution in [3.63, 3.8) is 0 Å². The zero-order valence-corrected chi connectivity index (χ0v) is 16.6. The second-order valence-corrected chi connectivity index (χ2v) is 7.61. The van der Waals surface area contributed by atoms with Crippen molar-refractivity contribution < 1.29 is 33.3 Å². The molecular weight excluding hydrogens is 372 g/mol. The van der Waals surface area contributed by atoms with Crippen molar-refractivity contribution in [1.82, 2.24) is 0 Å². The minimum atomic E-state index is -0.808. The fraction of sp³-hybridized carbons (Fsp3) is 0.526. The molecule has 8 heteroatoms. The maximum Gasteiger partial charge on any atom is 0.304 e. The molecular formula is C19H24O7S. The van der Waals surface area contributed by atoms with Crippen LogP contribution in [0.4, 0.5) is 0 Å². The average molecular weight is 396 g/mol. The maximum absolute atomic E-state index is 11.6. The molecule has 0 N–H and O–H groups in total. The molecule has 4 atom stereocenters. The van der Waals surface area contributed by atoms with Gasteiger partial charge in [-0.2, -0.15) is 0 Å². The van der Waals surface area contributed by atoms with Crippen LogP contribution in [0.5, 0.6) is 0 Å². The summed E-state index contributed by atoms with van der Waals surface area (Å²) in [6.07, 6.45) is -1.86. The van der Waals surface area contributed by atoms with Crippen LogP contribution in [0.1, 0.15) is 32.8 Å². The van der Waals surface area contributed by atoms with E-state index in [4.69, 9.17) is 18.9 Å². The van der Waals surface area contributed by atoms with E-state index < -0.39 is 36.4 Å². The minimum Gasteiger partial charge on any atom is -0.463 e. The number of ether oxygens (including phenoxy) is 4. The molecule has 1 saturated heterocycles. The predicted octanol–water partition coefficient (Wildman–Crippen LogP) is 2.63. The van der Waals surface area contributed by atoms with Crippen molar-refractivity contribution in [2.75, 3.05) is 6.61 Å². The molecule has 2 rings (SSSR count). The normalized spacial score (nSPS) is 24.7. The van der Waals surface area contributed by atoms with Crippen molar-refractivity contribution in [3.05, 3.63) is 29.8 Å². The third-order valence-electron chi connectivity index (χ3n) is 3.84. The van der Waals surface area contributed by atoms with Crippen LogP contribution in [0.25, 0.3) is 0 Å². The molecule has 1 fully saturated rings. The smallest absolute Gasteiger partial charge is 0.304 e. The first-order valence-corrected chi connectivity index (χ1v) is 9.49. The molecule has 0 unspecified atom stereocenters. The van der Waals surface area contributed by atoms with Crippen molar-refractivity contribution in [2.45, 2.75) is 62.8 Å². The quantitative estimate of drug-likeness (QED) is 0.536. The molecule has 0 radical (unpaired) electrons. The molecule has 0 aliphatic carbocycles. The number of aryl methyl sites for hydroxylation is 1. The first-order valence-electron chi connectivity index (χ1n) is 8.61. The number of hydrogen-bond donors (Lipinski definition) is 0. The second-order valence-electron chi connectivity index (χ2n) is 6.30. The van der Waals surface area contributed by atoms with Gasteiger partial charge in [-0.15, -0.1) is 11.8 Å². The fourth-order valence-electron chi connectivity index (χ4n) is 2.74. The van der Waals surface area contributed by atoms with Gasteiger partial charge in [0, 0.05) is 32.1 Å². The van der Waals surface area contributed by atoms with Crippen LogP contribution in [-0.4, -0.2) is 48.3 Å². The van der Waals surface area contributed by atoms with E-state index >= 15 is 0 Å². The van der Waals surface area contributed by atoms with Crippen LogP contribution in [0.2, 0.25) is 0 Å². The van der Waals surface area contributed by atoms with E-state index in [1.54, 1.807) is 0 Å². The van der Waals surface area contributed by atoms with E-state index in [9.17, 15) is 14.4 Å². The van der Waals surface area contributed by atoms with Gasteiger partial charge in [-0.3, -0.25) is 14.4 Å². The van der Waals surface area contributed by atoms with E-state index in [-0.39, 0.29) is 11.9 Å². The predicted molar refractivity (Wildman–Crippen MR) is 98.1 cm³/mol. The number of esters is 3. The Hall–Kier alpha value is -2.06. The van der Waals surface area contributed by atoms with Gasteiger partial charge in [0.05, 0.1) is 5.25 Å². The van der Waals surface area contributed by atoms with Crippen LogP contribution in [0.15, 0.2) is 29.2 Å². The highest BCUT2D eigenvalue weighted by Crippen LogP contribution is 2.36. The summed E-state index contributed by atoms with van der Waals surface area (Å²) in [5.74, 6) is -1.41. The van der Waals surface area contributed by atoms with Gasteiger partial charge in [-0.05, 0) is 19.1 Å². The van der Waals surface area contributed by atoms with E-state index in [2.05, 4.69) is 0 Å². The Morgan fingerprint density at radius 2 is 1.67 bits per heavy atom. The van der Waals surface area contributed by atoms with Gasteiger partial charge in [0.15, 0.2) is 0 Å². The molecule has 0 aromatic heterocycles. The van der Waals surface area contributed by atoms with E-state index in [0.717, 1.165) is 10.5 Å². The van der Waals surface area contributed by atoms with Gasteiger partial charge < -0.3 is 18.9 Å². The molecule has 148 valence electrons. The lowest BCUT2D eigenvalue weighted by atomic mass is 10.0. The van der Waals surface area contributed by atoms with Gasteiger partial charge in [0.25, 0.3) is 0 Å². The summed E-state index contributed by atoms with van der Waals surface area (Å²) in [5.41, 5.74) is 1.13. The lowest BCUT2D eigenvalue weighted by Crippen LogP contribution is -2.52. The highest BCUT2D eigenvalue weighted by molar-refractivity contribution is 8.00. The Kier molecular flexibility index (Phi) is 7.67. The molecule has 1 aromatic carbocycles. The molecule has 7 nitrogen and oxygen atoms in total. The van der Waals surface area contributed by atoms with Crippen LogP contribution in [0, 0.1) is 6.92 Å². The van der Waals surface area contributed by atoms with E-state index in [1.165, 1.54) is 32.5 Å². The van der Waals surface area contributed by atoms with Crippen LogP contribution < -0.4 is 0 Å². The molecule has 0 bridgehead atoms. The topological polar surface area (TPSA) is 88.1 Å². The van der Waals surface area contributed by atoms with Crippen LogP contribution in [0.3, 0.4) is 0 Å². The van der Waals surface area contributed by atoms with Gasteiger partial charge >= 0.3 is 17.9 Å². The SMILES string of the molecule is CC(=O)OC[C@H]1O[C@H](OC(C)=O)C[C@@H](Sc2ccc(C)cc2)[C@@H]1OC(C)=O. The summed E-state index contributed by atoms with van der Waals surface area (Å²) < 4.78 is 21.5. The Labute approximate surface area is 162 Å².